The number of esters is 1. The molecular weight excluding hydrogens is 770 g/mol. The Balaban J connectivity index is 1.61. The van der Waals surface area contributed by atoms with Gasteiger partial charge in [-0.05, 0) is 83.8 Å². The molecule has 40 heavy (non-hydrogen) atoms. The highest BCUT2D eigenvalue weighted by Gasteiger charge is 2.34. The molecule has 0 fully saturated rings. The first kappa shape index (κ1) is 29.5. The van der Waals surface area contributed by atoms with Crippen LogP contribution in [0.25, 0.3) is 6.08 Å². The molecule has 1 atom stereocenters. The van der Waals surface area contributed by atoms with E-state index in [0.717, 1.165) is 24.0 Å². The molecule has 0 saturated heterocycles. The van der Waals surface area contributed by atoms with E-state index in [1.807, 2.05) is 35.7 Å². The lowest BCUT2D eigenvalue weighted by Crippen LogP contribution is -2.39. The summed E-state index contributed by atoms with van der Waals surface area (Å²) in [4.78, 5) is 32.9. The smallest absolute Gasteiger partial charge is 0.338 e. The van der Waals surface area contributed by atoms with Crippen LogP contribution in [0.3, 0.4) is 0 Å². The average Bonchev–Trinajstić information content (AvgIpc) is 3.53. The molecule has 2 aromatic heterocycles. The van der Waals surface area contributed by atoms with Crippen molar-refractivity contribution in [1.29, 1.82) is 0 Å². The summed E-state index contributed by atoms with van der Waals surface area (Å²) >= 11 is 20.8. The van der Waals surface area contributed by atoms with Gasteiger partial charge in [-0.1, -0.05) is 62.6 Å². The van der Waals surface area contributed by atoms with E-state index in [2.05, 4.69) is 43.5 Å². The summed E-state index contributed by atoms with van der Waals surface area (Å²) in [5.74, 6) is 0.148. The molecule has 6 nitrogen and oxygen atoms in total. The number of hydrogen-bond donors (Lipinski definition) is 0. The van der Waals surface area contributed by atoms with E-state index in [1.54, 1.807) is 36.6 Å². The van der Waals surface area contributed by atoms with Crippen LogP contribution >= 0.6 is 84.4 Å². The normalized spacial score (nSPS) is 15.2. The molecule has 0 spiro atoms. The van der Waals surface area contributed by atoms with Crippen LogP contribution in [0.1, 0.15) is 35.9 Å². The van der Waals surface area contributed by atoms with E-state index < -0.39 is 12.0 Å². The second kappa shape index (κ2) is 12.5. The topological polar surface area (TPSA) is 69.9 Å². The standard InChI is InChI=1S/C28H20BrCl2IN2O4S2/c1-3-37-27(36)23-14(2)33-28-34(24(23)21-5-4-8-39-21)26(35)22(40-28)11-16-10-17(29)12-20(32)25(16)38-13-15-6-7-18(30)19(31)9-15/h4-12,24H,3,13H2,1-2H3/b22-11-/t24-/m0/s1. The zero-order valence-electron chi connectivity index (χ0n) is 21.0. The molecule has 5 rings (SSSR count). The number of thiophene rings is 1. The third kappa shape index (κ3) is 5.98. The van der Waals surface area contributed by atoms with Gasteiger partial charge in [0.1, 0.15) is 18.4 Å². The molecule has 3 heterocycles. The number of ether oxygens (including phenoxy) is 2. The summed E-state index contributed by atoms with van der Waals surface area (Å²) in [6.07, 6.45) is 1.80. The Morgan fingerprint density at radius 2 is 2.02 bits per heavy atom. The van der Waals surface area contributed by atoms with Gasteiger partial charge in [0.15, 0.2) is 4.80 Å². The summed E-state index contributed by atoms with van der Waals surface area (Å²) < 4.78 is 15.3. The molecule has 4 aromatic rings. The van der Waals surface area contributed by atoms with Crippen molar-refractivity contribution < 1.29 is 14.3 Å². The maximum absolute atomic E-state index is 13.9. The van der Waals surface area contributed by atoms with Crippen molar-refractivity contribution in [3.05, 3.63) is 113 Å². The molecule has 12 heteroatoms. The summed E-state index contributed by atoms with van der Waals surface area (Å²) in [6.45, 7) is 4.01. The highest BCUT2D eigenvalue weighted by atomic mass is 127. The molecule has 0 bridgehead atoms. The van der Waals surface area contributed by atoms with Crippen LogP contribution < -0.4 is 19.6 Å². The maximum atomic E-state index is 13.9. The Morgan fingerprint density at radius 1 is 1.23 bits per heavy atom. The minimum absolute atomic E-state index is 0.226. The zero-order valence-corrected chi connectivity index (χ0v) is 27.9. The van der Waals surface area contributed by atoms with Gasteiger partial charge in [0.05, 0.1) is 36.0 Å². The van der Waals surface area contributed by atoms with Gasteiger partial charge in [-0.15, -0.1) is 11.3 Å². The fourth-order valence-corrected chi connectivity index (χ4v) is 8.16. The Labute approximate surface area is 269 Å². The van der Waals surface area contributed by atoms with Crippen molar-refractivity contribution in [2.24, 2.45) is 4.99 Å². The van der Waals surface area contributed by atoms with Crippen LogP contribution in [0, 0.1) is 3.57 Å². The lowest BCUT2D eigenvalue weighted by molar-refractivity contribution is -0.139. The van der Waals surface area contributed by atoms with Crippen LogP contribution in [0.2, 0.25) is 10.0 Å². The SMILES string of the molecule is CCOC(=O)C1=C(C)N=c2s/c(=C\c3cc(Br)cc(I)c3OCc3ccc(Cl)c(Cl)c3)c(=O)n2[C@H]1c1cccs1. The van der Waals surface area contributed by atoms with E-state index in [-0.39, 0.29) is 18.8 Å². The highest BCUT2D eigenvalue weighted by Crippen LogP contribution is 2.34. The number of aromatic nitrogens is 1. The summed E-state index contributed by atoms with van der Waals surface area (Å²) in [6, 6.07) is 12.4. The lowest BCUT2D eigenvalue weighted by Gasteiger charge is -2.23. The molecule has 206 valence electrons. The Hall–Kier alpha value is -1.96. The third-order valence-electron chi connectivity index (χ3n) is 6.02. The van der Waals surface area contributed by atoms with Gasteiger partial charge in [-0.25, -0.2) is 9.79 Å². The number of carbonyl (C=O) groups is 1. The van der Waals surface area contributed by atoms with Crippen molar-refractivity contribution >= 4 is 96.4 Å². The Kier molecular flexibility index (Phi) is 9.23. The summed E-state index contributed by atoms with van der Waals surface area (Å²) in [5, 5.41) is 2.85. The third-order valence-corrected chi connectivity index (χ3v) is 9.93. The number of carbonyl (C=O) groups excluding carboxylic acids is 1. The number of fused-ring (bicyclic) bond motifs is 1. The first-order valence-corrected chi connectivity index (χ1v) is 16.3. The molecule has 1 aliphatic heterocycles. The van der Waals surface area contributed by atoms with Gasteiger partial charge in [0.25, 0.3) is 5.56 Å². The average molecular weight is 790 g/mol. The van der Waals surface area contributed by atoms with Crippen molar-refractivity contribution in [1.82, 2.24) is 4.57 Å². The first-order valence-electron chi connectivity index (χ1n) is 12.0. The molecule has 0 saturated carbocycles. The molecular formula is C28H20BrCl2IN2O4S2. The van der Waals surface area contributed by atoms with Gasteiger partial charge in [0.2, 0.25) is 0 Å². The van der Waals surface area contributed by atoms with Crippen molar-refractivity contribution in [3.8, 4) is 5.75 Å². The van der Waals surface area contributed by atoms with Gasteiger partial charge in [-0.2, -0.15) is 0 Å². The van der Waals surface area contributed by atoms with Crippen LogP contribution in [0.15, 0.2) is 73.4 Å². The van der Waals surface area contributed by atoms with E-state index >= 15 is 0 Å². The molecule has 2 aromatic carbocycles. The first-order chi connectivity index (χ1) is 19.2. The van der Waals surface area contributed by atoms with Gasteiger partial charge >= 0.3 is 5.97 Å². The van der Waals surface area contributed by atoms with E-state index in [9.17, 15) is 9.59 Å². The Morgan fingerprint density at radius 3 is 2.73 bits per heavy atom. The van der Waals surface area contributed by atoms with Crippen molar-refractivity contribution in [2.45, 2.75) is 26.5 Å². The van der Waals surface area contributed by atoms with Crippen LogP contribution in [-0.2, 0) is 16.1 Å². The molecule has 1 aliphatic rings. The maximum Gasteiger partial charge on any atom is 0.338 e. The van der Waals surface area contributed by atoms with Crippen molar-refractivity contribution in [2.75, 3.05) is 6.61 Å². The lowest BCUT2D eigenvalue weighted by atomic mass is 10.0. The largest absolute Gasteiger partial charge is 0.487 e. The molecule has 0 radical (unpaired) electrons. The van der Waals surface area contributed by atoms with Gasteiger partial charge < -0.3 is 9.47 Å². The second-order valence-corrected chi connectivity index (χ2v) is 13.5. The highest BCUT2D eigenvalue weighted by molar-refractivity contribution is 14.1. The number of nitrogens with zero attached hydrogens (tertiary/aromatic N) is 2. The van der Waals surface area contributed by atoms with E-state index in [4.69, 9.17) is 32.7 Å². The van der Waals surface area contributed by atoms with Crippen molar-refractivity contribution in [3.63, 3.8) is 0 Å². The fraction of sp³-hybridized carbons (Fsp3) is 0.179. The predicted molar refractivity (Wildman–Crippen MR) is 172 cm³/mol. The number of hydrogen-bond acceptors (Lipinski definition) is 7. The fourth-order valence-electron chi connectivity index (χ4n) is 4.27. The van der Waals surface area contributed by atoms with E-state index in [0.29, 0.717) is 36.4 Å². The molecule has 0 aliphatic carbocycles. The van der Waals surface area contributed by atoms with E-state index in [1.165, 1.54) is 22.7 Å². The monoisotopic (exact) mass is 788 g/mol. The predicted octanol–water partition coefficient (Wildman–Crippen LogP) is 7.11. The number of allylic oxidation sites excluding steroid dienone is 1. The summed E-state index contributed by atoms with van der Waals surface area (Å²) in [5.41, 5.74) is 2.23. The van der Waals surface area contributed by atoms with Crippen LogP contribution in [0.4, 0.5) is 0 Å². The summed E-state index contributed by atoms with van der Waals surface area (Å²) in [7, 11) is 0. The number of benzene rings is 2. The quantitative estimate of drug-likeness (QED) is 0.148. The minimum Gasteiger partial charge on any atom is -0.487 e. The molecule has 0 amide bonds. The number of thiazole rings is 1. The van der Waals surface area contributed by atoms with Crippen LogP contribution in [0.5, 0.6) is 5.75 Å². The molecule has 0 N–H and O–H groups in total. The zero-order chi connectivity index (χ0) is 28.6. The van der Waals surface area contributed by atoms with Crippen LogP contribution in [-0.4, -0.2) is 17.1 Å². The molecule has 0 unspecified atom stereocenters. The number of rotatable bonds is 7. The van der Waals surface area contributed by atoms with Gasteiger partial charge in [0, 0.05) is 14.9 Å². The Bertz CT molecular complexity index is 1830. The van der Waals surface area contributed by atoms with Gasteiger partial charge in [-0.3, -0.25) is 9.36 Å². The minimum atomic E-state index is -0.620. The number of halogens is 4. The second-order valence-electron chi connectivity index (χ2n) is 8.66.